The van der Waals surface area contributed by atoms with E-state index in [9.17, 15) is 4.39 Å². The zero-order chi connectivity index (χ0) is 18.1. The third-order valence-corrected chi connectivity index (χ3v) is 4.73. The van der Waals surface area contributed by atoms with Gasteiger partial charge in [0.2, 0.25) is 0 Å². The molecule has 0 spiro atoms. The van der Waals surface area contributed by atoms with Crippen LogP contribution in [-0.4, -0.2) is 14.8 Å². The standard InChI is InChI=1S/C18H11Cl3FN3/c1-3-5-10-8-9-11(16(21)15(10)20)18-23-17(24-25(18)2)14-12(19)6-4-7-13(14)22/h4,6-9H,1-2H3. The SMILES string of the molecule is CC#Cc1ccc(-c2nc(-c3c(F)cccc3Cl)nn2C)c(Cl)c1Cl. The Morgan fingerprint density at radius 2 is 1.84 bits per heavy atom. The smallest absolute Gasteiger partial charge is 0.186 e. The quantitative estimate of drug-likeness (QED) is 0.528. The van der Waals surface area contributed by atoms with Crippen LogP contribution in [0.4, 0.5) is 4.39 Å². The number of nitrogens with zero attached hydrogens (tertiary/aromatic N) is 3. The van der Waals surface area contributed by atoms with Crippen molar-refractivity contribution < 1.29 is 4.39 Å². The average Bonchev–Trinajstić information content (AvgIpc) is 2.93. The van der Waals surface area contributed by atoms with Gasteiger partial charge in [0.05, 0.1) is 20.6 Å². The van der Waals surface area contributed by atoms with Crippen molar-refractivity contribution in [3.8, 4) is 34.6 Å². The fourth-order valence-corrected chi connectivity index (χ4v) is 3.10. The number of hydrogen-bond acceptors (Lipinski definition) is 2. The van der Waals surface area contributed by atoms with Crippen LogP contribution < -0.4 is 0 Å². The monoisotopic (exact) mass is 393 g/mol. The van der Waals surface area contributed by atoms with E-state index in [-0.39, 0.29) is 16.4 Å². The Labute approximate surface area is 159 Å². The van der Waals surface area contributed by atoms with E-state index in [1.165, 1.54) is 16.8 Å². The second-order valence-corrected chi connectivity index (χ2v) is 6.31. The number of hydrogen-bond donors (Lipinski definition) is 0. The molecule has 0 atom stereocenters. The van der Waals surface area contributed by atoms with Gasteiger partial charge in [0.15, 0.2) is 11.6 Å². The van der Waals surface area contributed by atoms with E-state index in [1.54, 1.807) is 32.2 Å². The molecule has 0 saturated carbocycles. The van der Waals surface area contributed by atoms with Crippen LogP contribution in [0, 0.1) is 17.7 Å². The summed E-state index contributed by atoms with van der Waals surface area (Å²) in [7, 11) is 1.69. The molecule has 3 nitrogen and oxygen atoms in total. The highest BCUT2D eigenvalue weighted by Gasteiger charge is 2.20. The van der Waals surface area contributed by atoms with Crippen LogP contribution in [0.3, 0.4) is 0 Å². The molecule has 0 aliphatic heterocycles. The van der Waals surface area contributed by atoms with Gasteiger partial charge in [-0.1, -0.05) is 46.8 Å². The predicted octanol–water partition coefficient (Wildman–Crippen LogP) is 5.62. The lowest BCUT2D eigenvalue weighted by molar-refractivity contribution is 0.629. The van der Waals surface area contributed by atoms with Crippen molar-refractivity contribution in [1.82, 2.24) is 14.8 Å². The van der Waals surface area contributed by atoms with Gasteiger partial charge >= 0.3 is 0 Å². The number of halogens is 4. The molecule has 1 aromatic heterocycles. The number of benzene rings is 2. The van der Waals surface area contributed by atoms with Gasteiger partial charge in [-0.2, -0.15) is 5.10 Å². The molecular formula is C18H11Cl3FN3. The first kappa shape index (κ1) is 17.8. The highest BCUT2D eigenvalue weighted by atomic mass is 35.5. The van der Waals surface area contributed by atoms with Crippen molar-refractivity contribution >= 4 is 34.8 Å². The lowest BCUT2D eigenvalue weighted by Gasteiger charge is -2.06. The molecule has 0 aliphatic carbocycles. The van der Waals surface area contributed by atoms with E-state index in [0.29, 0.717) is 27.0 Å². The summed E-state index contributed by atoms with van der Waals surface area (Å²) in [4.78, 5) is 4.40. The maximum atomic E-state index is 14.1. The zero-order valence-electron chi connectivity index (χ0n) is 13.2. The second-order valence-electron chi connectivity index (χ2n) is 5.14. The van der Waals surface area contributed by atoms with E-state index in [0.717, 1.165) is 0 Å². The summed E-state index contributed by atoms with van der Waals surface area (Å²) in [6.45, 7) is 1.71. The molecule has 0 N–H and O–H groups in total. The van der Waals surface area contributed by atoms with Gasteiger partial charge in [-0.05, 0) is 31.2 Å². The van der Waals surface area contributed by atoms with Crippen LogP contribution in [0.25, 0.3) is 22.8 Å². The van der Waals surface area contributed by atoms with Gasteiger partial charge < -0.3 is 0 Å². The van der Waals surface area contributed by atoms with Crippen LogP contribution in [0.2, 0.25) is 15.1 Å². The normalized spacial score (nSPS) is 10.5. The maximum Gasteiger partial charge on any atom is 0.186 e. The molecule has 0 bridgehead atoms. The number of aromatic nitrogens is 3. The minimum atomic E-state index is -0.498. The Hall–Kier alpha value is -2.06. The molecule has 3 aromatic rings. The third-order valence-electron chi connectivity index (χ3n) is 3.53. The molecule has 126 valence electrons. The summed E-state index contributed by atoms with van der Waals surface area (Å²) in [5.74, 6) is 5.77. The van der Waals surface area contributed by atoms with Gasteiger partial charge in [-0.15, -0.1) is 5.92 Å². The molecule has 7 heteroatoms. The molecule has 0 saturated heterocycles. The Morgan fingerprint density at radius 1 is 1.08 bits per heavy atom. The van der Waals surface area contributed by atoms with Crippen molar-refractivity contribution in [2.75, 3.05) is 0 Å². The summed E-state index contributed by atoms with van der Waals surface area (Å²) in [6.07, 6.45) is 0. The second kappa shape index (κ2) is 7.05. The molecular weight excluding hydrogens is 384 g/mol. The molecule has 0 unspecified atom stereocenters. The van der Waals surface area contributed by atoms with Crippen molar-refractivity contribution in [3.63, 3.8) is 0 Å². The minimum absolute atomic E-state index is 0.140. The Balaban J connectivity index is 2.16. The third kappa shape index (κ3) is 3.23. The largest absolute Gasteiger partial charge is 0.248 e. The van der Waals surface area contributed by atoms with Crippen molar-refractivity contribution in [1.29, 1.82) is 0 Å². The average molecular weight is 395 g/mol. The lowest BCUT2D eigenvalue weighted by atomic mass is 10.1. The first-order chi connectivity index (χ1) is 11.9. The molecule has 3 rings (SSSR count). The zero-order valence-corrected chi connectivity index (χ0v) is 15.5. The first-order valence-electron chi connectivity index (χ1n) is 7.20. The van der Waals surface area contributed by atoms with Crippen LogP contribution in [0.15, 0.2) is 30.3 Å². The molecule has 2 aromatic carbocycles. The molecule has 1 heterocycles. The highest BCUT2D eigenvalue weighted by Crippen LogP contribution is 2.36. The van der Waals surface area contributed by atoms with Gasteiger partial charge in [-0.25, -0.2) is 14.1 Å². The van der Waals surface area contributed by atoms with E-state index in [2.05, 4.69) is 21.9 Å². The van der Waals surface area contributed by atoms with E-state index < -0.39 is 5.82 Å². The van der Waals surface area contributed by atoms with Gasteiger partial charge in [0.1, 0.15) is 5.82 Å². The fourth-order valence-electron chi connectivity index (χ4n) is 2.39. The van der Waals surface area contributed by atoms with Crippen LogP contribution in [0.1, 0.15) is 12.5 Å². The van der Waals surface area contributed by atoms with E-state index >= 15 is 0 Å². The van der Waals surface area contributed by atoms with Crippen molar-refractivity contribution in [3.05, 3.63) is 56.8 Å². The molecule has 0 aliphatic rings. The van der Waals surface area contributed by atoms with E-state index in [4.69, 9.17) is 34.8 Å². The van der Waals surface area contributed by atoms with Crippen LogP contribution in [-0.2, 0) is 7.05 Å². The van der Waals surface area contributed by atoms with Crippen LogP contribution in [0.5, 0.6) is 0 Å². The molecule has 0 amide bonds. The Bertz CT molecular complexity index is 1010. The summed E-state index contributed by atoms with van der Waals surface area (Å²) in [6, 6.07) is 7.92. The van der Waals surface area contributed by atoms with E-state index in [1.807, 2.05) is 0 Å². The summed E-state index contributed by atoms with van der Waals surface area (Å²) >= 11 is 18.8. The van der Waals surface area contributed by atoms with Crippen LogP contribution >= 0.6 is 34.8 Å². The van der Waals surface area contributed by atoms with Gasteiger partial charge in [0, 0.05) is 18.2 Å². The van der Waals surface area contributed by atoms with Gasteiger partial charge in [0.25, 0.3) is 0 Å². The summed E-state index contributed by atoms with van der Waals surface area (Å²) in [5, 5.41) is 5.14. The maximum absolute atomic E-state index is 14.1. The summed E-state index contributed by atoms with van der Waals surface area (Å²) in [5.41, 5.74) is 1.33. The number of rotatable bonds is 2. The van der Waals surface area contributed by atoms with Gasteiger partial charge in [-0.3, -0.25) is 0 Å². The van der Waals surface area contributed by atoms with Crippen molar-refractivity contribution in [2.45, 2.75) is 6.92 Å². The van der Waals surface area contributed by atoms with Crippen molar-refractivity contribution in [2.24, 2.45) is 7.05 Å². The molecule has 25 heavy (non-hydrogen) atoms. The fraction of sp³-hybridized carbons (Fsp3) is 0.111. The molecule has 0 fully saturated rings. The number of aryl methyl sites for hydroxylation is 1. The topological polar surface area (TPSA) is 30.7 Å². The first-order valence-corrected chi connectivity index (χ1v) is 8.34. The predicted molar refractivity (Wildman–Crippen MR) is 99.4 cm³/mol. The minimum Gasteiger partial charge on any atom is -0.248 e. The molecule has 0 radical (unpaired) electrons. The Morgan fingerprint density at radius 3 is 2.52 bits per heavy atom. The highest BCUT2D eigenvalue weighted by molar-refractivity contribution is 6.44. The lowest BCUT2D eigenvalue weighted by Crippen LogP contribution is -1.96. The summed E-state index contributed by atoms with van der Waals surface area (Å²) < 4.78 is 15.6. The Kier molecular flexibility index (Phi) is 5.01.